The molecule has 0 aliphatic heterocycles. The Labute approximate surface area is 99.5 Å². The molecule has 1 saturated carbocycles. The van der Waals surface area contributed by atoms with E-state index in [2.05, 4.69) is 0 Å². The molecule has 1 aromatic rings. The molecule has 0 heterocycles. The minimum absolute atomic E-state index is 0.157. The van der Waals surface area contributed by atoms with Crippen LogP contribution < -0.4 is 5.73 Å². The second kappa shape index (κ2) is 5.13. The van der Waals surface area contributed by atoms with Crippen molar-refractivity contribution in [1.82, 2.24) is 0 Å². The van der Waals surface area contributed by atoms with Gasteiger partial charge in [-0.1, -0.05) is 23.7 Å². The Hall–Kier alpha value is -0.640. The highest BCUT2D eigenvalue weighted by Gasteiger charge is 2.22. The summed E-state index contributed by atoms with van der Waals surface area (Å²) < 4.78 is 18.8. The van der Waals surface area contributed by atoms with Crippen LogP contribution >= 0.6 is 11.6 Å². The summed E-state index contributed by atoms with van der Waals surface area (Å²) in [6.45, 7) is 0.355. The molecule has 1 aromatic carbocycles. The van der Waals surface area contributed by atoms with Crippen molar-refractivity contribution in [3.8, 4) is 0 Å². The number of nitrogens with two attached hydrogens (primary N) is 1. The summed E-state index contributed by atoms with van der Waals surface area (Å²) in [4.78, 5) is 0. The number of rotatable bonds is 3. The lowest BCUT2D eigenvalue weighted by Gasteiger charge is -2.12. The Morgan fingerprint density at radius 3 is 2.94 bits per heavy atom. The monoisotopic (exact) mass is 243 g/mol. The van der Waals surface area contributed by atoms with Gasteiger partial charge in [0.2, 0.25) is 0 Å². The van der Waals surface area contributed by atoms with E-state index in [0.29, 0.717) is 12.2 Å². The summed E-state index contributed by atoms with van der Waals surface area (Å²) in [7, 11) is 0. The van der Waals surface area contributed by atoms with Crippen LogP contribution in [-0.2, 0) is 11.3 Å². The first-order valence-electron chi connectivity index (χ1n) is 5.47. The molecule has 0 bridgehead atoms. The lowest BCUT2D eigenvalue weighted by Crippen LogP contribution is -2.17. The molecule has 0 saturated heterocycles. The molecule has 4 heteroatoms. The summed E-state index contributed by atoms with van der Waals surface area (Å²) in [6.07, 6.45) is 3.05. The molecule has 0 radical (unpaired) electrons. The minimum atomic E-state index is -0.397. The summed E-state index contributed by atoms with van der Waals surface area (Å²) in [5, 5.41) is 0.157. The zero-order valence-corrected chi connectivity index (χ0v) is 9.71. The average Bonchev–Trinajstić information content (AvgIpc) is 2.67. The van der Waals surface area contributed by atoms with E-state index in [1.807, 2.05) is 0 Å². The Kier molecular flexibility index (Phi) is 3.79. The lowest BCUT2D eigenvalue weighted by molar-refractivity contribution is 0.0448. The first-order chi connectivity index (χ1) is 7.66. The van der Waals surface area contributed by atoms with E-state index in [9.17, 15) is 4.39 Å². The van der Waals surface area contributed by atoms with E-state index in [-0.39, 0.29) is 17.2 Å². The van der Waals surface area contributed by atoms with Crippen LogP contribution in [0.15, 0.2) is 18.2 Å². The summed E-state index contributed by atoms with van der Waals surface area (Å²) in [5.41, 5.74) is 6.48. The van der Waals surface area contributed by atoms with E-state index in [4.69, 9.17) is 22.1 Å². The highest BCUT2D eigenvalue weighted by Crippen LogP contribution is 2.24. The fraction of sp³-hybridized carbons (Fsp3) is 0.500. The van der Waals surface area contributed by atoms with Gasteiger partial charge in [-0.3, -0.25) is 0 Å². The molecule has 1 aliphatic carbocycles. The van der Waals surface area contributed by atoms with Gasteiger partial charge in [0.1, 0.15) is 5.82 Å². The van der Waals surface area contributed by atoms with Crippen molar-refractivity contribution in [3.63, 3.8) is 0 Å². The number of ether oxygens (including phenoxy) is 1. The number of hydrogen-bond acceptors (Lipinski definition) is 2. The third-order valence-corrected chi connectivity index (χ3v) is 3.35. The van der Waals surface area contributed by atoms with Gasteiger partial charge in [0, 0.05) is 6.04 Å². The van der Waals surface area contributed by atoms with Crippen LogP contribution in [0, 0.1) is 5.82 Å². The van der Waals surface area contributed by atoms with Gasteiger partial charge < -0.3 is 10.5 Å². The maximum absolute atomic E-state index is 13.1. The standard InChI is InChI=1S/C12H15ClFNO/c13-12-8(2-1-3-11(12)14)7-16-10-5-4-9(15)6-10/h1-3,9-10H,4-7,15H2. The molecule has 2 unspecified atom stereocenters. The molecule has 2 nitrogen and oxygen atoms in total. The van der Waals surface area contributed by atoms with Crippen molar-refractivity contribution in [2.45, 2.75) is 38.0 Å². The second-order valence-electron chi connectivity index (χ2n) is 4.22. The predicted molar refractivity (Wildman–Crippen MR) is 61.8 cm³/mol. The lowest BCUT2D eigenvalue weighted by atomic mass is 10.2. The molecule has 2 atom stereocenters. The Bertz CT molecular complexity index is 372. The van der Waals surface area contributed by atoms with Gasteiger partial charge in [0.25, 0.3) is 0 Å². The summed E-state index contributed by atoms with van der Waals surface area (Å²) in [5.74, 6) is -0.397. The molecule has 2 rings (SSSR count). The SMILES string of the molecule is NC1CCC(OCc2cccc(F)c2Cl)C1. The highest BCUT2D eigenvalue weighted by molar-refractivity contribution is 6.31. The molecule has 1 aliphatic rings. The van der Waals surface area contributed by atoms with Gasteiger partial charge in [-0.15, -0.1) is 0 Å². The van der Waals surface area contributed by atoms with Crippen LogP contribution in [0.1, 0.15) is 24.8 Å². The smallest absolute Gasteiger partial charge is 0.142 e. The number of halogens is 2. The first kappa shape index (κ1) is 11.8. The molecule has 88 valence electrons. The van der Waals surface area contributed by atoms with Crippen molar-refractivity contribution in [2.75, 3.05) is 0 Å². The van der Waals surface area contributed by atoms with E-state index in [1.54, 1.807) is 12.1 Å². The summed E-state index contributed by atoms with van der Waals surface area (Å²) >= 11 is 5.83. The Morgan fingerprint density at radius 2 is 2.25 bits per heavy atom. The average molecular weight is 244 g/mol. The van der Waals surface area contributed by atoms with Gasteiger partial charge >= 0.3 is 0 Å². The van der Waals surface area contributed by atoms with Crippen LogP contribution in [0.2, 0.25) is 5.02 Å². The van der Waals surface area contributed by atoms with Crippen molar-refractivity contribution in [3.05, 3.63) is 34.6 Å². The van der Waals surface area contributed by atoms with Gasteiger partial charge in [-0.25, -0.2) is 4.39 Å². The number of hydrogen-bond donors (Lipinski definition) is 1. The fourth-order valence-electron chi connectivity index (χ4n) is 1.99. The molecular weight excluding hydrogens is 229 g/mol. The van der Waals surface area contributed by atoms with Crippen molar-refractivity contribution in [2.24, 2.45) is 5.73 Å². The second-order valence-corrected chi connectivity index (χ2v) is 4.60. The Morgan fingerprint density at radius 1 is 1.44 bits per heavy atom. The first-order valence-corrected chi connectivity index (χ1v) is 5.84. The zero-order valence-electron chi connectivity index (χ0n) is 8.96. The quantitative estimate of drug-likeness (QED) is 0.886. The van der Waals surface area contributed by atoms with Gasteiger partial charge in [0.05, 0.1) is 17.7 Å². The molecule has 16 heavy (non-hydrogen) atoms. The third kappa shape index (κ3) is 2.73. The zero-order chi connectivity index (χ0) is 11.5. The topological polar surface area (TPSA) is 35.2 Å². The Balaban J connectivity index is 1.92. The largest absolute Gasteiger partial charge is 0.373 e. The van der Waals surface area contributed by atoms with E-state index in [1.165, 1.54) is 6.07 Å². The minimum Gasteiger partial charge on any atom is -0.373 e. The number of benzene rings is 1. The third-order valence-electron chi connectivity index (χ3n) is 2.93. The van der Waals surface area contributed by atoms with Crippen LogP contribution in [0.5, 0.6) is 0 Å². The molecule has 0 aromatic heterocycles. The van der Waals surface area contributed by atoms with E-state index in [0.717, 1.165) is 19.3 Å². The van der Waals surface area contributed by atoms with Crippen LogP contribution in [0.25, 0.3) is 0 Å². The predicted octanol–water partition coefficient (Wildman–Crippen LogP) is 2.88. The van der Waals surface area contributed by atoms with E-state index >= 15 is 0 Å². The molecule has 1 fully saturated rings. The maximum atomic E-state index is 13.1. The molecule has 2 N–H and O–H groups in total. The van der Waals surface area contributed by atoms with Crippen molar-refractivity contribution >= 4 is 11.6 Å². The van der Waals surface area contributed by atoms with Crippen molar-refractivity contribution in [1.29, 1.82) is 0 Å². The molecular formula is C12H15ClFNO. The van der Waals surface area contributed by atoms with Gasteiger partial charge in [-0.05, 0) is 30.9 Å². The maximum Gasteiger partial charge on any atom is 0.142 e. The summed E-state index contributed by atoms with van der Waals surface area (Å²) in [6, 6.07) is 5.01. The molecule has 0 spiro atoms. The van der Waals surface area contributed by atoms with Gasteiger partial charge in [0.15, 0.2) is 0 Å². The van der Waals surface area contributed by atoms with Crippen molar-refractivity contribution < 1.29 is 9.13 Å². The van der Waals surface area contributed by atoms with E-state index < -0.39 is 5.82 Å². The van der Waals surface area contributed by atoms with Gasteiger partial charge in [-0.2, -0.15) is 0 Å². The fourth-order valence-corrected chi connectivity index (χ4v) is 2.17. The van der Waals surface area contributed by atoms with Crippen LogP contribution in [0.3, 0.4) is 0 Å². The normalized spacial score (nSPS) is 24.9. The van der Waals surface area contributed by atoms with Crippen LogP contribution in [-0.4, -0.2) is 12.1 Å². The van der Waals surface area contributed by atoms with Crippen LogP contribution in [0.4, 0.5) is 4.39 Å². The molecule has 0 amide bonds. The highest BCUT2D eigenvalue weighted by atomic mass is 35.5.